The number of halogens is 1. The average molecular weight is 270 g/mol. The zero-order valence-electron chi connectivity index (χ0n) is 11.7. The Kier molecular flexibility index (Phi) is 3.59. The summed E-state index contributed by atoms with van der Waals surface area (Å²) >= 11 is 0. The molecule has 3 heteroatoms. The summed E-state index contributed by atoms with van der Waals surface area (Å²) in [5.41, 5.74) is 4.51. The number of rotatable bonds is 4. The van der Waals surface area contributed by atoms with Gasteiger partial charge >= 0.3 is 0 Å². The van der Waals surface area contributed by atoms with E-state index in [4.69, 9.17) is 0 Å². The molecule has 0 aliphatic carbocycles. The van der Waals surface area contributed by atoms with Crippen LogP contribution in [0, 0.1) is 5.82 Å². The van der Waals surface area contributed by atoms with Crippen LogP contribution in [0.5, 0.6) is 0 Å². The summed E-state index contributed by atoms with van der Waals surface area (Å²) in [6.45, 7) is 4.60. The maximum absolute atomic E-state index is 13.9. The topological polar surface area (TPSA) is 15.3 Å². The lowest BCUT2D eigenvalue weighted by Gasteiger charge is -2.24. The molecule has 1 N–H and O–H groups in total. The molecule has 0 unspecified atom stereocenters. The molecular formula is C17H19FN2. The van der Waals surface area contributed by atoms with Crippen LogP contribution in [0.4, 0.5) is 15.8 Å². The van der Waals surface area contributed by atoms with Crippen molar-refractivity contribution in [3.63, 3.8) is 0 Å². The highest BCUT2D eigenvalue weighted by molar-refractivity contribution is 5.57. The van der Waals surface area contributed by atoms with Crippen molar-refractivity contribution in [1.29, 1.82) is 0 Å². The van der Waals surface area contributed by atoms with Crippen LogP contribution in [0.15, 0.2) is 42.5 Å². The van der Waals surface area contributed by atoms with E-state index in [-0.39, 0.29) is 5.82 Å². The van der Waals surface area contributed by atoms with Gasteiger partial charge in [0, 0.05) is 25.3 Å². The van der Waals surface area contributed by atoms with Gasteiger partial charge in [0.05, 0.1) is 5.69 Å². The molecule has 0 amide bonds. The lowest BCUT2D eigenvalue weighted by molar-refractivity contribution is 0.618. The van der Waals surface area contributed by atoms with Gasteiger partial charge in [0.1, 0.15) is 5.82 Å². The van der Waals surface area contributed by atoms with Crippen LogP contribution < -0.4 is 10.2 Å². The van der Waals surface area contributed by atoms with E-state index in [1.54, 1.807) is 6.07 Å². The number of para-hydroxylation sites is 1. The largest absolute Gasteiger partial charge is 0.384 e. The SMILES string of the molecule is CCN(Cc1ccc2c(c1)CCN2)c1ccccc1F. The van der Waals surface area contributed by atoms with E-state index >= 15 is 0 Å². The molecule has 0 saturated heterocycles. The summed E-state index contributed by atoms with van der Waals surface area (Å²) in [5.74, 6) is -0.155. The van der Waals surface area contributed by atoms with Crippen LogP contribution in [-0.4, -0.2) is 13.1 Å². The van der Waals surface area contributed by atoms with Crippen molar-refractivity contribution >= 4 is 11.4 Å². The first-order valence-corrected chi connectivity index (χ1v) is 7.13. The van der Waals surface area contributed by atoms with Gasteiger partial charge in [-0.25, -0.2) is 4.39 Å². The van der Waals surface area contributed by atoms with Crippen molar-refractivity contribution < 1.29 is 4.39 Å². The summed E-state index contributed by atoms with van der Waals surface area (Å²) in [5, 5.41) is 3.36. The highest BCUT2D eigenvalue weighted by Crippen LogP contribution is 2.25. The zero-order chi connectivity index (χ0) is 13.9. The molecule has 0 fully saturated rings. The Morgan fingerprint density at radius 1 is 1.20 bits per heavy atom. The third-order valence-corrected chi connectivity index (χ3v) is 3.83. The molecule has 104 valence electrons. The summed E-state index contributed by atoms with van der Waals surface area (Å²) < 4.78 is 13.9. The van der Waals surface area contributed by atoms with Crippen LogP contribution >= 0.6 is 0 Å². The molecule has 2 aromatic carbocycles. The van der Waals surface area contributed by atoms with Crippen molar-refractivity contribution in [2.75, 3.05) is 23.3 Å². The van der Waals surface area contributed by atoms with Crippen molar-refractivity contribution in [2.24, 2.45) is 0 Å². The van der Waals surface area contributed by atoms with Crippen LogP contribution in [0.2, 0.25) is 0 Å². The molecule has 0 atom stereocenters. The minimum atomic E-state index is -0.155. The standard InChI is InChI=1S/C17H19FN2/c1-2-20(17-6-4-3-5-15(17)18)12-13-7-8-16-14(11-13)9-10-19-16/h3-8,11,19H,2,9-10,12H2,1H3. The Balaban J connectivity index is 1.83. The van der Waals surface area contributed by atoms with Gasteiger partial charge in [-0.2, -0.15) is 0 Å². The highest BCUT2D eigenvalue weighted by Gasteiger charge is 2.13. The smallest absolute Gasteiger partial charge is 0.146 e. The summed E-state index contributed by atoms with van der Waals surface area (Å²) in [4.78, 5) is 2.07. The minimum Gasteiger partial charge on any atom is -0.384 e. The third kappa shape index (κ3) is 2.48. The van der Waals surface area contributed by atoms with Crippen molar-refractivity contribution in [2.45, 2.75) is 19.9 Å². The van der Waals surface area contributed by atoms with E-state index in [0.29, 0.717) is 5.69 Å². The van der Waals surface area contributed by atoms with Crippen molar-refractivity contribution in [3.05, 3.63) is 59.4 Å². The molecule has 2 aromatic rings. The van der Waals surface area contributed by atoms with Crippen LogP contribution in [0.1, 0.15) is 18.1 Å². The number of hydrogen-bond donors (Lipinski definition) is 1. The Labute approximate surface area is 119 Å². The van der Waals surface area contributed by atoms with Gasteiger partial charge < -0.3 is 10.2 Å². The molecule has 0 aromatic heterocycles. The first kappa shape index (κ1) is 13.0. The van der Waals surface area contributed by atoms with E-state index in [2.05, 4.69) is 35.3 Å². The fourth-order valence-electron chi connectivity index (χ4n) is 2.75. The van der Waals surface area contributed by atoms with Gasteiger partial charge in [0.2, 0.25) is 0 Å². The predicted molar refractivity (Wildman–Crippen MR) is 81.8 cm³/mol. The molecule has 2 nitrogen and oxygen atoms in total. The Bertz CT molecular complexity index is 610. The van der Waals surface area contributed by atoms with Crippen molar-refractivity contribution in [1.82, 2.24) is 0 Å². The zero-order valence-corrected chi connectivity index (χ0v) is 11.7. The maximum Gasteiger partial charge on any atom is 0.146 e. The molecule has 1 aliphatic rings. The number of nitrogens with one attached hydrogen (secondary N) is 1. The quantitative estimate of drug-likeness (QED) is 0.908. The van der Waals surface area contributed by atoms with Gasteiger partial charge in [0.15, 0.2) is 0 Å². The molecule has 0 bridgehead atoms. The molecule has 0 saturated carbocycles. The fourth-order valence-corrected chi connectivity index (χ4v) is 2.75. The monoisotopic (exact) mass is 270 g/mol. The lowest BCUT2D eigenvalue weighted by atomic mass is 10.1. The molecule has 1 aliphatic heterocycles. The van der Waals surface area contributed by atoms with Crippen LogP contribution in [-0.2, 0) is 13.0 Å². The minimum absolute atomic E-state index is 0.155. The highest BCUT2D eigenvalue weighted by atomic mass is 19.1. The molecular weight excluding hydrogens is 251 g/mol. The van der Waals surface area contributed by atoms with E-state index in [1.807, 2.05) is 12.1 Å². The maximum atomic E-state index is 13.9. The van der Waals surface area contributed by atoms with E-state index in [1.165, 1.54) is 22.9 Å². The van der Waals surface area contributed by atoms with E-state index < -0.39 is 0 Å². The van der Waals surface area contributed by atoms with Gasteiger partial charge in [-0.3, -0.25) is 0 Å². The van der Waals surface area contributed by atoms with Gasteiger partial charge in [-0.15, -0.1) is 0 Å². The molecule has 20 heavy (non-hydrogen) atoms. The Morgan fingerprint density at radius 3 is 2.85 bits per heavy atom. The average Bonchev–Trinajstić information content (AvgIpc) is 2.93. The molecule has 0 spiro atoms. The summed E-state index contributed by atoms with van der Waals surface area (Å²) in [7, 11) is 0. The first-order valence-electron chi connectivity index (χ1n) is 7.13. The first-order chi connectivity index (χ1) is 9.78. The van der Waals surface area contributed by atoms with E-state index in [0.717, 1.165) is 26.1 Å². The van der Waals surface area contributed by atoms with Crippen molar-refractivity contribution in [3.8, 4) is 0 Å². The second-order valence-electron chi connectivity index (χ2n) is 5.13. The summed E-state index contributed by atoms with van der Waals surface area (Å²) in [6, 6.07) is 13.5. The molecule has 0 radical (unpaired) electrons. The van der Waals surface area contributed by atoms with Gasteiger partial charge in [-0.1, -0.05) is 24.3 Å². The van der Waals surface area contributed by atoms with Crippen LogP contribution in [0.3, 0.4) is 0 Å². The van der Waals surface area contributed by atoms with E-state index in [9.17, 15) is 4.39 Å². The number of fused-ring (bicyclic) bond motifs is 1. The summed E-state index contributed by atoms with van der Waals surface area (Å²) in [6.07, 6.45) is 1.08. The Hall–Kier alpha value is -2.03. The number of benzene rings is 2. The number of nitrogens with zero attached hydrogens (tertiary/aromatic N) is 1. The number of anilines is 2. The predicted octanol–water partition coefficient (Wildman–Crippen LogP) is 3.82. The molecule has 1 heterocycles. The second-order valence-corrected chi connectivity index (χ2v) is 5.13. The fraction of sp³-hybridized carbons (Fsp3) is 0.294. The third-order valence-electron chi connectivity index (χ3n) is 3.83. The lowest BCUT2D eigenvalue weighted by Crippen LogP contribution is -2.23. The van der Waals surface area contributed by atoms with Crippen LogP contribution in [0.25, 0.3) is 0 Å². The van der Waals surface area contributed by atoms with Gasteiger partial charge in [-0.05, 0) is 42.7 Å². The van der Waals surface area contributed by atoms with Gasteiger partial charge in [0.25, 0.3) is 0 Å². The normalized spacial score (nSPS) is 12.9. The number of hydrogen-bond acceptors (Lipinski definition) is 2. The Morgan fingerprint density at radius 2 is 2.05 bits per heavy atom. The second kappa shape index (κ2) is 5.53. The molecule has 3 rings (SSSR count).